The van der Waals surface area contributed by atoms with Gasteiger partial charge in [-0.25, -0.2) is 0 Å². The maximum Gasteiger partial charge on any atom is 0.307 e. The van der Waals surface area contributed by atoms with Crippen molar-refractivity contribution < 1.29 is 14.7 Å². The van der Waals surface area contributed by atoms with Gasteiger partial charge in [-0.15, -0.1) is 0 Å². The minimum Gasteiger partial charge on any atom is -0.481 e. The highest BCUT2D eigenvalue weighted by Gasteiger charge is 2.38. The SMILES string of the molecule is CN(CCc1ccncc1)C(=O)[C@@H]1CCC[C@@H]1C(=O)O. The van der Waals surface area contributed by atoms with Crippen molar-refractivity contribution in [2.75, 3.05) is 13.6 Å². The molecule has 108 valence electrons. The molecule has 2 atom stereocenters. The molecule has 1 aromatic heterocycles. The molecule has 1 amide bonds. The summed E-state index contributed by atoms with van der Waals surface area (Å²) >= 11 is 0. The third kappa shape index (κ3) is 3.35. The third-order valence-electron chi connectivity index (χ3n) is 4.01. The Hall–Kier alpha value is -1.91. The number of likely N-dealkylation sites (N-methyl/N-ethyl adjacent to an activating group) is 1. The van der Waals surface area contributed by atoms with Gasteiger partial charge in [-0.3, -0.25) is 14.6 Å². The van der Waals surface area contributed by atoms with Crippen LogP contribution in [0.5, 0.6) is 0 Å². The van der Waals surface area contributed by atoms with Gasteiger partial charge in [-0.05, 0) is 37.0 Å². The van der Waals surface area contributed by atoms with E-state index in [1.807, 2.05) is 12.1 Å². The molecule has 0 spiro atoms. The number of amides is 1. The number of aromatic nitrogens is 1. The van der Waals surface area contributed by atoms with E-state index >= 15 is 0 Å². The summed E-state index contributed by atoms with van der Waals surface area (Å²) in [5.41, 5.74) is 1.13. The van der Waals surface area contributed by atoms with E-state index in [2.05, 4.69) is 4.98 Å². The summed E-state index contributed by atoms with van der Waals surface area (Å²) in [7, 11) is 1.75. The van der Waals surface area contributed by atoms with E-state index < -0.39 is 11.9 Å². The maximum atomic E-state index is 12.3. The highest BCUT2D eigenvalue weighted by Crippen LogP contribution is 2.33. The molecule has 0 unspecified atom stereocenters. The zero-order chi connectivity index (χ0) is 14.5. The van der Waals surface area contributed by atoms with Gasteiger partial charge >= 0.3 is 5.97 Å². The monoisotopic (exact) mass is 276 g/mol. The van der Waals surface area contributed by atoms with Crippen LogP contribution in [0.3, 0.4) is 0 Å². The predicted molar refractivity (Wildman–Crippen MR) is 74.0 cm³/mol. The molecule has 0 aliphatic heterocycles. The molecule has 1 aliphatic rings. The van der Waals surface area contributed by atoms with E-state index in [0.29, 0.717) is 19.4 Å². The maximum absolute atomic E-state index is 12.3. The molecule has 5 nitrogen and oxygen atoms in total. The van der Waals surface area contributed by atoms with Gasteiger partial charge in [-0.2, -0.15) is 0 Å². The lowest BCUT2D eigenvalue weighted by atomic mass is 9.95. The van der Waals surface area contributed by atoms with E-state index in [1.165, 1.54) is 0 Å². The molecule has 0 saturated heterocycles. The van der Waals surface area contributed by atoms with Crippen molar-refractivity contribution in [2.45, 2.75) is 25.7 Å². The van der Waals surface area contributed by atoms with Crippen LogP contribution in [-0.2, 0) is 16.0 Å². The topological polar surface area (TPSA) is 70.5 Å². The van der Waals surface area contributed by atoms with Crippen LogP contribution in [0.2, 0.25) is 0 Å². The molecule has 1 aromatic rings. The van der Waals surface area contributed by atoms with Crippen molar-refractivity contribution in [3.63, 3.8) is 0 Å². The number of aliphatic carboxylic acids is 1. The number of pyridine rings is 1. The van der Waals surface area contributed by atoms with Gasteiger partial charge in [-0.1, -0.05) is 6.42 Å². The van der Waals surface area contributed by atoms with E-state index in [0.717, 1.165) is 18.4 Å². The number of hydrogen-bond acceptors (Lipinski definition) is 3. The average Bonchev–Trinajstić information content (AvgIpc) is 2.94. The van der Waals surface area contributed by atoms with Crippen LogP contribution in [0.25, 0.3) is 0 Å². The Morgan fingerprint density at radius 3 is 2.60 bits per heavy atom. The molecular weight excluding hydrogens is 256 g/mol. The minimum atomic E-state index is -0.844. The van der Waals surface area contributed by atoms with Gasteiger partial charge in [0.15, 0.2) is 0 Å². The summed E-state index contributed by atoms with van der Waals surface area (Å²) < 4.78 is 0. The molecule has 0 radical (unpaired) electrons. The third-order valence-corrected chi connectivity index (χ3v) is 4.01. The Balaban J connectivity index is 1.90. The van der Waals surface area contributed by atoms with Gasteiger partial charge in [0.1, 0.15) is 0 Å². The van der Waals surface area contributed by atoms with Crippen LogP contribution in [0, 0.1) is 11.8 Å². The summed E-state index contributed by atoms with van der Waals surface area (Å²) in [6, 6.07) is 3.85. The van der Waals surface area contributed by atoms with E-state index in [4.69, 9.17) is 5.11 Å². The summed E-state index contributed by atoms with van der Waals surface area (Å²) in [4.78, 5) is 29.1. The molecule has 0 bridgehead atoms. The predicted octanol–water partition coefficient (Wildman–Crippen LogP) is 1.58. The summed E-state index contributed by atoms with van der Waals surface area (Å²) in [5, 5.41) is 9.14. The highest BCUT2D eigenvalue weighted by atomic mass is 16.4. The Labute approximate surface area is 118 Å². The number of rotatable bonds is 5. The van der Waals surface area contributed by atoms with Gasteiger partial charge in [0.25, 0.3) is 0 Å². The fraction of sp³-hybridized carbons (Fsp3) is 0.533. The van der Waals surface area contributed by atoms with Crippen molar-refractivity contribution in [3.05, 3.63) is 30.1 Å². The lowest BCUT2D eigenvalue weighted by Crippen LogP contribution is -2.37. The molecule has 1 saturated carbocycles. The highest BCUT2D eigenvalue weighted by molar-refractivity contribution is 5.85. The standard InChI is InChI=1S/C15H20N2O3/c1-17(10-7-11-5-8-16-9-6-11)14(18)12-3-2-4-13(12)15(19)20/h5-6,8-9,12-13H,2-4,7,10H2,1H3,(H,19,20)/t12-,13+/m1/s1. The largest absolute Gasteiger partial charge is 0.481 e. The lowest BCUT2D eigenvalue weighted by molar-refractivity contribution is -0.148. The quantitative estimate of drug-likeness (QED) is 0.886. The van der Waals surface area contributed by atoms with Crippen LogP contribution < -0.4 is 0 Å². The molecule has 1 aliphatic carbocycles. The zero-order valence-electron chi connectivity index (χ0n) is 11.7. The Bertz CT molecular complexity index is 475. The molecular formula is C15H20N2O3. The Morgan fingerprint density at radius 1 is 1.30 bits per heavy atom. The fourth-order valence-electron chi connectivity index (χ4n) is 2.79. The second-order valence-electron chi connectivity index (χ2n) is 5.35. The second kappa shape index (κ2) is 6.50. The first kappa shape index (κ1) is 14.5. The van der Waals surface area contributed by atoms with Crippen molar-refractivity contribution in [2.24, 2.45) is 11.8 Å². The average molecular weight is 276 g/mol. The van der Waals surface area contributed by atoms with E-state index in [1.54, 1.807) is 24.3 Å². The van der Waals surface area contributed by atoms with Gasteiger partial charge in [0.05, 0.1) is 11.8 Å². The fourth-order valence-corrected chi connectivity index (χ4v) is 2.79. The van der Waals surface area contributed by atoms with Crippen molar-refractivity contribution >= 4 is 11.9 Å². The molecule has 2 rings (SSSR count). The molecule has 0 aromatic carbocycles. The number of hydrogen-bond donors (Lipinski definition) is 1. The van der Waals surface area contributed by atoms with Crippen molar-refractivity contribution in [1.82, 2.24) is 9.88 Å². The summed E-state index contributed by atoms with van der Waals surface area (Å²) in [5.74, 6) is -1.74. The molecule has 1 N–H and O–H groups in total. The first-order valence-corrected chi connectivity index (χ1v) is 6.96. The van der Waals surface area contributed by atoms with Crippen LogP contribution in [0.1, 0.15) is 24.8 Å². The van der Waals surface area contributed by atoms with Crippen LogP contribution >= 0.6 is 0 Å². The van der Waals surface area contributed by atoms with Gasteiger partial charge in [0.2, 0.25) is 5.91 Å². The zero-order valence-corrected chi connectivity index (χ0v) is 11.7. The van der Waals surface area contributed by atoms with Crippen LogP contribution in [0.15, 0.2) is 24.5 Å². The van der Waals surface area contributed by atoms with E-state index in [-0.39, 0.29) is 11.8 Å². The van der Waals surface area contributed by atoms with Gasteiger partial charge in [0, 0.05) is 26.0 Å². The summed E-state index contributed by atoms with van der Waals surface area (Å²) in [6.07, 6.45) is 6.35. The van der Waals surface area contributed by atoms with E-state index in [9.17, 15) is 9.59 Å². The smallest absolute Gasteiger partial charge is 0.307 e. The number of carbonyl (C=O) groups excluding carboxylic acids is 1. The molecule has 20 heavy (non-hydrogen) atoms. The minimum absolute atomic E-state index is 0.0380. The molecule has 1 fully saturated rings. The normalized spacial score (nSPS) is 21.6. The van der Waals surface area contributed by atoms with Crippen LogP contribution in [-0.4, -0.2) is 40.5 Å². The number of carboxylic acids is 1. The summed E-state index contributed by atoms with van der Waals surface area (Å²) in [6.45, 7) is 0.603. The number of carboxylic acid groups (broad SMARTS) is 1. The number of nitrogens with zero attached hydrogens (tertiary/aromatic N) is 2. The Morgan fingerprint density at radius 2 is 1.95 bits per heavy atom. The van der Waals surface area contributed by atoms with Crippen molar-refractivity contribution in [1.29, 1.82) is 0 Å². The molecule has 5 heteroatoms. The lowest BCUT2D eigenvalue weighted by Gasteiger charge is -2.23. The van der Waals surface area contributed by atoms with Gasteiger partial charge < -0.3 is 10.0 Å². The Kier molecular flexibility index (Phi) is 4.71. The second-order valence-corrected chi connectivity index (χ2v) is 5.35. The van der Waals surface area contributed by atoms with Crippen LogP contribution in [0.4, 0.5) is 0 Å². The molecule has 1 heterocycles. The van der Waals surface area contributed by atoms with Crippen molar-refractivity contribution in [3.8, 4) is 0 Å². The first-order valence-electron chi connectivity index (χ1n) is 6.96. The first-order chi connectivity index (χ1) is 9.59. The number of carbonyl (C=O) groups is 2.